The molecule has 0 amide bonds. The largest absolute Gasteiger partial charge is 0.507 e. The predicted octanol–water partition coefficient (Wildman–Crippen LogP) is 6.47. The van der Waals surface area contributed by atoms with Crippen molar-refractivity contribution in [2.45, 2.75) is 13.8 Å². The Morgan fingerprint density at radius 1 is 0.919 bits per heavy atom. The van der Waals surface area contributed by atoms with E-state index in [4.69, 9.17) is 12.3 Å². The molecule has 0 unspecified atom stereocenters. The zero-order valence-electron chi connectivity index (χ0n) is 19.9. The first-order valence-corrected chi connectivity index (χ1v) is 11.3. The van der Waals surface area contributed by atoms with E-state index in [0.29, 0.717) is 5.56 Å². The summed E-state index contributed by atoms with van der Waals surface area (Å²) in [5.41, 5.74) is 9.13. The van der Waals surface area contributed by atoms with Crippen molar-refractivity contribution in [3.8, 4) is 5.75 Å². The maximum absolute atomic E-state index is 13.4. The van der Waals surface area contributed by atoms with E-state index in [2.05, 4.69) is 25.4 Å². The van der Waals surface area contributed by atoms with Crippen LogP contribution in [0, 0.1) is 20.4 Å². The molecule has 0 radical (unpaired) electrons. The number of carbonyl (C=O) groups is 2. The molecule has 180 valence electrons. The summed E-state index contributed by atoms with van der Waals surface area (Å²) < 4.78 is 0. The Bertz CT molecular complexity index is 1680. The maximum Gasteiger partial charge on any atom is 0.233 e. The SMILES string of the molecule is [C-]#[N+]c1c(N)nc(Nc2ccc(C)cc2)c(N=Nc2cccc3c2C(=O)c2c(O)cccc2C3=O)c1C. The quantitative estimate of drug-likeness (QED) is 0.196. The Balaban J connectivity index is 1.63. The smallest absolute Gasteiger partial charge is 0.233 e. The highest BCUT2D eigenvalue weighted by molar-refractivity contribution is 6.30. The van der Waals surface area contributed by atoms with Crippen LogP contribution in [0.4, 0.5) is 34.4 Å². The third kappa shape index (κ3) is 3.96. The summed E-state index contributed by atoms with van der Waals surface area (Å²) >= 11 is 0. The van der Waals surface area contributed by atoms with Crippen LogP contribution in [0.5, 0.6) is 5.75 Å². The molecule has 0 spiro atoms. The topological polar surface area (TPSA) is 134 Å². The highest BCUT2D eigenvalue weighted by atomic mass is 16.3. The third-order valence-corrected chi connectivity index (χ3v) is 6.12. The Kier molecular flexibility index (Phi) is 5.70. The predicted molar refractivity (Wildman–Crippen MR) is 140 cm³/mol. The summed E-state index contributed by atoms with van der Waals surface area (Å²) in [5, 5.41) is 22.1. The number of carbonyl (C=O) groups excluding carboxylic acids is 2. The van der Waals surface area contributed by atoms with Gasteiger partial charge in [0.1, 0.15) is 17.3 Å². The van der Waals surface area contributed by atoms with Gasteiger partial charge < -0.3 is 16.2 Å². The third-order valence-electron chi connectivity index (χ3n) is 6.12. The standard InChI is InChI=1S/C28H20N6O3/c1-14-10-12-16(13-11-14)31-28-24(15(2)23(30-3)27(29)32-28)34-33-19-8-4-6-17-21(19)26(37)22-18(25(17)36)7-5-9-20(22)35/h4-13,35H,1-2H3,(H3,29,31,32). The monoisotopic (exact) mass is 488 g/mol. The second-order valence-electron chi connectivity index (χ2n) is 8.53. The number of nitrogens with two attached hydrogens (primary N) is 1. The van der Waals surface area contributed by atoms with Gasteiger partial charge in [-0.1, -0.05) is 42.0 Å². The van der Waals surface area contributed by atoms with E-state index in [9.17, 15) is 14.7 Å². The summed E-state index contributed by atoms with van der Waals surface area (Å²) in [6.45, 7) is 11.2. The lowest BCUT2D eigenvalue weighted by Crippen LogP contribution is -2.21. The number of hydrogen-bond donors (Lipinski definition) is 3. The number of hydrogen-bond acceptors (Lipinski definition) is 8. The molecule has 0 bridgehead atoms. The van der Waals surface area contributed by atoms with Gasteiger partial charge in [-0.15, -0.1) is 10.2 Å². The van der Waals surface area contributed by atoms with Gasteiger partial charge >= 0.3 is 0 Å². The van der Waals surface area contributed by atoms with E-state index in [1.807, 2.05) is 31.2 Å². The van der Waals surface area contributed by atoms with Crippen molar-refractivity contribution >= 4 is 46.0 Å². The second-order valence-corrected chi connectivity index (χ2v) is 8.53. The van der Waals surface area contributed by atoms with Crippen molar-refractivity contribution in [3.05, 3.63) is 105 Å². The van der Waals surface area contributed by atoms with Crippen LogP contribution in [0.25, 0.3) is 4.85 Å². The number of nitrogens with one attached hydrogen (secondary N) is 1. The van der Waals surface area contributed by atoms with Crippen LogP contribution in [0.3, 0.4) is 0 Å². The molecular formula is C28H20N6O3. The fraction of sp³-hybridized carbons (Fsp3) is 0.0714. The molecule has 1 heterocycles. The molecule has 0 saturated carbocycles. The van der Waals surface area contributed by atoms with E-state index in [-0.39, 0.29) is 62.5 Å². The fourth-order valence-corrected chi connectivity index (χ4v) is 4.23. The van der Waals surface area contributed by atoms with Crippen molar-refractivity contribution in [1.82, 2.24) is 4.98 Å². The van der Waals surface area contributed by atoms with E-state index >= 15 is 0 Å². The normalized spacial score (nSPS) is 12.2. The highest BCUT2D eigenvalue weighted by Gasteiger charge is 2.33. The molecule has 1 aromatic heterocycles. The minimum atomic E-state index is -0.524. The number of aromatic hydroxyl groups is 1. The van der Waals surface area contributed by atoms with E-state index in [1.165, 1.54) is 18.2 Å². The van der Waals surface area contributed by atoms with Crippen LogP contribution in [-0.2, 0) is 0 Å². The molecule has 0 fully saturated rings. The number of nitrogens with zero attached hydrogens (tertiary/aromatic N) is 4. The number of fused-ring (bicyclic) bond motifs is 2. The van der Waals surface area contributed by atoms with E-state index in [1.54, 1.807) is 25.1 Å². The van der Waals surface area contributed by atoms with Gasteiger partial charge in [0.05, 0.1) is 23.4 Å². The molecule has 0 atom stereocenters. The number of ketones is 2. The number of aryl methyl sites for hydroxylation is 1. The van der Waals surface area contributed by atoms with Crippen LogP contribution in [-0.4, -0.2) is 21.7 Å². The molecule has 3 aromatic carbocycles. The van der Waals surface area contributed by atoms with Crippen LogP contribution in [0.1, 0.15) is 43.0 Å². The molecule has 4 aromatic rings. The molecule has 1 aliphatic carbocycles. The van der Waals surface area contributed by atoms with Gasteiger partial charge in [0.25, 0.3) is 0 Å². The highest BCUT2D eigenvalue weighted by Crippen LogP contribution is 2.41. The minimum Gasteiger partial charge on any atom is -0.507 e. The first kappa shape index (κ1) is 23.4. The lowest BCUT2D eigenvalue weighted by molar-refractivity contribution is 0.0977. The lowest BCUT2D eigenvalue weighted by atomic mass is 9.83. The second kappa shape index (κ2) is 9.02. The van der Waals surface area contributed by atoms with Crippen LogP contribution in [0.15, 0.2) is 70.9 Å². The number of benzene rings is 3. The maximum atomic E-state index is 13.4. The number of azo groups is 1. The van der Waals surface area contributed by atoms with E-state index in [0.717, 1.165) is 11.3 Å². The van der Waals surface area contributed by atoms with Crippen LogP contribution >= 0.6 is 0 Å². The first-order valence-electron chi connectivity index (χ1n) is 11.3. The number of rotatable bonds is 4. The van der Waals surface area contributed by atoms with Crippen molar-refractivity contribution in [1.29, 1.82) is 0 Å². The average Bonchev–Trinajstić information content (AvgIpc) is 2.88. The van der Waals surface area contributed by atoms with Crippen LogP contribution < -0.4 is 11.1 Å². The number of phenolic OH excluding ortho intramolecular Hbond substituents is 1. The summed E-state index contributed by atoms with van der Waals surface area (Å²) in [5.74, 6) is -0.863. The van der Waals surface area contributed by atoms with Gasteiger partial charge in [-0.2, -0.15) is 0 Å². The minimum absolute atomic E-state index is 0.0461. The van der Waals surface area contributed by atoms with Gasteiger partial charge in [-0.25, -0.2) is 9.83 Å². The van der Waals surface area contributed by atoms with Crippen molar-refractivity contribution in [2.75, 3.05) is 11.1 Å². The first-order chi connectivity index (χ1) is 17.8. The number of pyridine rings is 1. The average molecular weight is 489 g/mol. The Hall–Kier alpha value is -5.36. The molecule has 37 heavy (non-hydrogen) atoms. The van der Waals surface area contributed by atoms with Crippen molar-refractivity contribution in [2.24, 2.45) is 10.2 Å². The number of aromatic nitrogens is 1. The lowest BCUT2D eigenvalue weighted by Gasteiger charge is -2.19. The Morgan fingerprint density at radius 3 is 2.30 bits per heavy atom. The molecule has 0 saturated heterocycles. The summed E-state index contributed by atoms with van der Waals surface area (Å²) in [6, 6.07) is 16.7. The van der Waals surface area contributed by atoms with Gasteiger partial charge in [0, 0.05) is 16.8 Å². The zero-order chi connectivity index (χ0) is 26.3. The zero-order valence-corrected chi connectivity index (χ0v) is 19.9. The molecule has 9 heteroatoms. The molecule has 0 aliphatic heterocycles. The van der Waals surface area contributed by atoms with Crippen molar-refractivity contribution in [3.63, 3.8) is 0 Å². The number of phenols is 1. The molecule has 1 aliphatic rings. The Labute approximate surface area is 212 Å². The molecule has 9 nitrogen and oxygen atoms in total. The van der Waals surface area contributed by atoms with Crippen LogP contribution in [0.2, 0.25) is 0 Å². The van der Waals surface area contributed by atoms with Gasteiger partial charge in [0.15, 0.2) is 17.4 Å². The molecule has 4 N–H and O–H groups in total. The van der Waals surface area contributed by atoms with Gasteiger partial charge in [0.2, 0.25) is 5.69 Å². The summed E-state index contributed by atoms with van der Waals surface area (Å²) in [6.07, 6.45) is 0. The Morgan fingerprint density at radius 2 is 1.59 bits per heavy atom. The summed E-state index contributed by atoms with van der Waals surface area (Å²) in [4.78, 5) is 34.3. The molecule has 5 rings (SSSR count). The number of nitrogen functional groups attached to an aromatic ring is 1. The van der Waals surface area contributed by atoms with E-state index < -0.39 is 5.78 Å². The van der Waals surface area contributed by atoms with Gasteiger partial charge in [-0.05, 0) is 43.7 Å². The number of anilines is 3. The van der Waals surface area contributed by atoms with Crippen molar-refractivity contribution < 1.29 is 14.7 Å². The van der Waals surface area contributed by atoms with Gasteiger partial charge in [-0.3, -0.25) is 9.59 Å². The fourth-order valence-electron chi connectivity index (χ4n) is 4.23. The summed E-state index contributed by atoms with van der Waals surface area (Å²) in [7, 11) is 0. The molecular weight excluding hydrogens is 468 g/mol.